The van der Waals surface area contributed by atoms with E-state index in [-0.39, 0.29) is 18.1 Å². The molecule has 0 spiro atoms. The van der Waals surface area contributed by atoms with Crippen LogP contribution in [0.4, 0.5) is 0 Å². The van der Waals surface area contributed by atoms with Gasteiger partial charge in [0.25, 0.3) is 0 Å². The van der Waals surface area contributed by atoms with Crippen LogP contribution in [0.5, 0.6) is 0 Å². The predicted octanol–water partition coefficient (Wildman–Crippen LogP) is 0.342. The third-order valence-electron chi connectivity index (χ3n) is 3.22. The standard InChI is InChI=1S/C12H24N2O4S/c1-4-11(12(15)18-5-2)14-8-6-7-10(9-14)13-19(3,16)17/h10-11,13H,4-9H2,1-3H3. The molecular weight excluding hydrogens is 268 g/mol. The number of hydrogen-bond acceptors (Lipinski definition) is 5. The number of nitrogens with one attached hydrogen (secondary N) is 1. The molecule has 7 heteroatoms. The molecule has 0 bridgehead atoms. The highest BCUT2D eigenvalue weighted by atomic mass is 32.2. The fourth-order valence-electron chi connectivity index (χ4n) is 2.50. The molecule has 112 valence electrons. The second-order valence-electron chi connectivity index (χ2n) is 4.90. The summed E-state index contributed by atoms with van der Waals surface area (Å²) in [5.74, 6) is -0.218. The lowest BCUT2D eigenvalue weighted by atomic mass is 10.0. The monoisotopic (exact) mass is 292 g/mol. The van der Waals surface area contributed by atoms with E-state index in [0.717, 1.165) is 25.6 Å². The number of sulfonamides is 1. The van der Waals surface area contributed by atoms with Gasteiger partial charge in [-0.25, -0.2) is 13.1 Å². The SMILES string of the molecule is CCOC(=O)C(CC)N1CCCC(NS(C)(=O)=O)C1. The minimum absolute atomic E-state index is 0.118. The van der Waals surface area contributed by atoms with Gasteiger partial charge in [0.2, 0.25) is 10.0 Å². The van der Waals surface area contributed by atoms with Gasteiger partial charge in [0.05, 0.1) is 12.9 Å². The van der Waals surface area contributed by atoms with Crippen molar-refractivity contribution in [1.82, 2.24) is 9.62 Å². The summed E-state index contributed by atoms with van der Waals surface area (Å²) in [7, 11) is -3.20. The molecule has 1 N–H and O–H groups in total. The molecule has 2 unspecified atom stereocenters. The predicted molar refractivity (Wildman–Crippen MR) is 73.3 cm³/mol. The highest BCUT2D eigenvalue weighted by Gasteiger charge is 2.31. The quantitative estimate of drug-likeness (QED) is 0.715. The smallest absolute Gasteiger partial charge is 0.323 e. The third-order valence-corrected chi connectivity index (χ3v) is 3.98. The zero-order valence-electron chi connectivity index (χ0n) is 11.9. The molecule has 0 aromatic carbocycles. The highest BCUT2D eigenvalue weighted by molar-refractivity contribution is 7.88. The van der Waals surface area contributed by atoms with Crippen molar-refractivity contribution in [1.29, 1.82) is 0 Å². The molecule has 1 aliphatic rings. The first kappa shape index (κ1) is 16.4. The molecule has 1 fully saturated rings. The van der Waals surface area contributed by atoms with Crippen molar-refractivity contribution in [2.75, 3.05) is 26.0 Å². The largest absolute Gasteiger partial charge is 0.465 e. The molecule has 0 radical (unpaired) electrons. The summed E-state index contributed by atoms with van der Waals surface area (Å²) < 4.78 is 30.2. The van der Waals surface area contributed by atoms with Crippen molar-refractivity contribution in [3.05, 3.63) is 0 Å². The van der Waals surface area contributed by atoms with Crippen LogP contribution in [-0.4, -0.2) is 57.3 Å². The molecule has 1 heterocycles. The molecule has 0 aromatic heterocycles. The fourth-order valence-corrected chi connectivity index (χ4v) is 3.30. The van der Waals surface area contributed by atoms with Gasteiger partial charge in [-0.15, -0.1) is 0 Å². The number of likely N-dealkylation sites (tertiary alicyclic amines) is 1. The van der Waals surface area contributed by atoms with Crippen LogP contribution in [-0.2, 0) is 19.6 Å². The van der Waals surface area contributed by atoms with E-state index in [2.05, 4.69) is 4.72 Å². The van der Waals surface area contributed by atoms with Gasteiger partial charge in [0, 0.05) is 12.6 Å². The Bertz CT molecular complexity index is 397. The van der Waals surface area contributed by atoms with Gasteiger partial charge in [0.1, 0.15) is 6.04 Å². The molecule has 0 aromatic rings. The topological polar surface area (TPSA) is 75.7 Å². The molecule has 1 saturated heterocycles. The van der Waals surface area contributed by atoms with Gasteiger partial charge in [-0.05, 0) is 32.7 Å². The Hall–Kier alpha value is -0.660. The second kappa shape index (κ2) is 7.21. The highest BCUT2D eigenvalue weighted by Crippen LogP contribution is 2.16. The average Bonchev–Trinajstić information content (AvgIpc) is 2.28. The van der Waals surface area contributed by atoms with Crippen LogP contribution in [0, 0.1) is 0 Å². The lowest BCUT2D eigenvalue weighted by molar-refractivity contribution is -0.150. The van der Waals surface area contributed by atoms with Crippen molar-refractivity contribution in [2.45, 2.75) is 45.2 Å². The fraction of sp³-hybridized carbons (Fsp3) is 0.917. The van der Waals surface area contributed by atoms with Crippen LogP contribution in [0.3, 0.4) is 0 Å². The van der Waals surface area contributed by atoms with E-state index in [9.17, 15) is 13.2 Å². The van der Waals surface area contributed by atoms with E-state index < -0.39 is 10.0 Å². The molecule has 19 heavy (non-hydrogen) atoms. The average molecular weight is 292 g/mol. The summed E-state index contributed by atoms with van der Waals surface area (Å²) in [5.41, 5.74) is 0. The summed E-state index contributed by atoms with van der Waals surface area (Å²) in [4.78, 5) is 13.9. The Kier molecular flexibility index (Phi) is 6.22. The molecule has 1 aliphatic heterocycles. The molecule has 6 nitrogen and oxygen atoms in total. The molecule has 0 amide bonds. The molecule has 2 atom stereocenters. The Balaban J connectivity index is 2.64. The van der Waals surface area contributed by atoms with E-state index >= 15 is 0 Å². The van der Waals surface area contributed by atoms with Crippen molar-refractivity contribution in [3.63, 3.8) is 0 Å². The molecular formula is C12H24N2O4S. The van der Waals surface area contributed by atoms with Gasteiger partial charge in [-0.3, -0.25) is 9.69 Å². The lowest BCUT2D eigenvalue weighted by Gasteiger charge is -2.36. The Morgan fingerprint density at radius 1 is 1.47 bits per heavy atom. The first-order valence-corrected chi connectivity index (χ1v) is 8.64. The van der Waals surface area contributed by atoms with Crippen LogP contribution >= 0.6 is 0 Å². The maximum atomic E-state index is 11.9. The number of hydrogen-bond donors (Lipinski definition) is 1. The summed E-state index contributed by atoms with van der Waals surface area (Å²) in [5, 5.41) is 0. The van der Waals surface area contributed by atoms with E-state index in [1.165, 1.54) is 0 Å². The van der Waals surface area contributed by atoms with Crippen LogP contribution in [0.2, 0.25) is 0 Å². The Labute approximate surface area is 115 Å². The summed E-state index contributed by atoms with van der Waals surface area (Å²) in [6, 6.07) is -0.392. The second-order valence-corrected chi connectivity index (χ2v) is 6.68. The molecule has 0 aliphatic carbocycles. The summed E-state index contributed by atoms with van der Waals surface area (Å²) >= 11 is 0. The maximum absolute atomic E-state index is 11.9. The van der Waals surface area contributed by atoms with Crippen LogP contribution in [0.1, 0.15) is 33.1 Å². The Morgan fingerprint density at radius 3 is 2.68 bits per heavy atom. The van der Waals surface area contributed by atoms with Crippen LogP contribution in [0.15, 0.2) is 0 Å². The van der Waals surface area contributed by atoms with Gasteiger partial charge >= 0.3 is 5.97 Å². The third kappa shape index (κ3) is 5.46. The number of rotatable bonds is 6. The number of nitrogens with zero attached hydrogens (tertiary/aromatic N) is 1. The van der Waals surface area contributed by atoms with Gasteiger partial charge < -0.3 is 4.74 Å². The van der Waals surface area contributed by atoms with Crippen molar-refractivity contribution < 1.29 is 17.9 Å². The summed E-state index contributed by atoms with van der Waals surface area (Å²) in [6.07, 6.45) is 3.52. The minimum atomic E-state index is -3.20. The number of piperidine rings is 1. The zero-order chi connectivity index (χ0) is 14.5. The van der Waals surface area contributed by atoms with Crippen molar-refractivity contribution >= 4 is 16.0 Å². The van der Waals surface area contributed by atoms with E-state index in [1.807, 2.05) is 11.8 Å². The van der Waals surface area contributed by atoms with E-state index in [4.69, 9.17) is 4.74 Å². The van der Waals surface area contributed by atoms with E-state index in [1.54, 1.807) is 6.92 Å². The number of ether oxygens (including phenoxy) is 1. The van der Waals surface area contributed by atoms with Crippen LogP contribution in [0.25, 0.3) is 0 Å². The van der Waals surface area contributed by atoms with Gasteiger partial charge in [-0.1, -0.05) is 6.92 Å². The molecule has 1 rings (SSSR count). The van der Waals surface area contributed by atoms with E-state index in [0.29, 0.717) is 19.6 Å². The number of carbonyl (C=O) groups is 1. The summed E-state index contributed by atoms with van der Waals surface area (Å²) in [6.45, 7) is 5.46. The maximum Gasteiger partial charge on any atom is 0.323 e. The minimum Gasteiger partial charge on any atom is -0.465 e. The van der Waals surface area contributed by atoms with Crippen molar-refractivity contribution in [3.8, 4) is 0 Å². The van der Waals surface area contributed by atoms with Crippen molar-refractivity contribution in [2.24, 2.45) is 0 Å². The lowest BCUT2D eigenvalue weighted by Crippen LogP contribution is -2.53. The Morgan fingerprint density at radius 2 is 2.16 bits per heavy atom. The molecule has 0 saturated carbocycles. The zero-order valence-corrected chi connectivity index (χ0v) is 12.7. The normalized spacial score (nSPS) is 23.0. The van der Waals surface area contributed by atoms with Gasteiger partial charge in [0.15, 0.2) is 0 Å². The number of carbonyl (C=O) groups excluding carboxylic acids is 1. The first-order chi connectivity index (χ1) is 8.87. The number of esters is 1. The van der Waals surface area contributed by atoms with Crippen LogP contribution < -0.4 is 4.72 Å². The van der Waals surface area contributed by atoms with Gasteiger partial charge in [-0.2, -0.15) is 0 Å². The first-order valence-electron chi connectivity index (χ1n) is 6.75.